The van der Waals surface area contributed by atoms with E-state index in [1.807, 2.05) is 0 Å². The maximum atomic E-state index is 5.90. The SMILES string of the molecule is CCCOCC(C)(CCl)C(C)C. The molecule has 0 aromatic rings. The molecule has 0 radical (unpaired) electrons. The van der Waals surface area contributed by atoms with E-state index in [1.54, 1.807) is 0 Å². The van der Waals surface area contributed by atoms with Crippen LogP contribution in [0, 0.1) is 11.3 Å². The second kappa shape index (κ2) is 5.82. The fourth-order valence-corrected chi connectivity index (χ4v) is 1.19. The zero-order chi connectivity index (χ0) is 9.61. The van der Waals surface area contributed by atoms with E-state index in [9.17, 15) is 0 Å². The second-order valence-corrected chi connectivity index (χ2v) is 4.26. The molecule has 0 aromatic carbocycles. The van der Waals surface area contributed by atoms with E-state index in [0.717, 1.165) is 19.6 Å². The zero-order valence-electron chi connectivity index (χ0n) is 8.69. The molecule has 0 amide bonds. The van der Waals surface area contributed by atoms with Gasteiger partial charge in [-0.05, 0) is 12.3 Å². The predicted molar refractivity (Wildman–Crippen MR) is 54.8 cm³/mol. The van der Waals surface area contributed by atoms with E-state index >= 15 is 0 Å². The topological polar surface area (TPSA) is 9.23 Å². The zero-order valence-corrected chi connectivity index (χ0v) is 9.45. The normalized spacial score (nSPS) is 16.5. The molecule has 0 spiro atoms. The van der Waals surface area contributed by atoms with Crippen molar-refractivity contribution in [2.24, 2.45) is 11.3 Å². The summed E-state index contributed by atoms with van der Waals surface area (Å²) in [5.41, 5.74) is 0.136. The van der Waals surface area contributed by atoms with Gasteiger partial charge in [-0.15, -0.1) is 11.6 Å². The number of halogens is 1. The van der Waals surface area contributed by atoms with Crippen LogP contribution in [0.1, 0.15) is 34.1 Å². The standard InChI is InChI=1S/C10H21ClO/c1-5-6-12-8-10(4,7-11)9(2)3/h9H,5-8H2,1-4H3. The van der Waals surface area contributed by atoms with Gasteiger partial charge >= 0.3 is 0 Å². The molecule has 0 saturated carbocycles. The molecule has 0 N–H and O–H groups in total. The van der Waals surface area contributed by atoms with Gasteiger partial charge in [-0.1, -0.05) is 27.7 Å². The molecule has 0 aliphatic rings. The van der Waals surface area contributed by atoms with E-state index in [0.29, 0.717) is 11.8 Å². The lowest BCUT2D eigenvalue weighted by molar-refractivity contribution is 0.0400. The summed E-state index contributed by atoms with van der Waals surface area (Å²) in [6, 6.07) is 0. The molecule has 0 heterocycles. The van der Waals surface area contributed by atoms with Crippen molar-refractivity contribution in [1.29, 1.82) is 0 Å². The molecule has 74 valence electrons. The fraction of sp³-hybridized carbons (Fsp3) is 1.00. The van der Waals surface area contributed by atoms with Gasteiger partial charge < -0.3 is 4.74 Å². The molecule has 0 aliphatic carbocycles. The van der Waals surface area contributed by atoms with Crippen molar-refractivity contribution in [3.05, 3.63) is 0 Å². The minimum atomic E-state index is 0.136. The number of rotatable bonds is 6. The minimum Gasteiger partial charge on any atom is -0.381 e. The van der Waals surface area contributed by atoms with Gasteiger partial charge in [0.2, 0.25) is 0 Å². The highest BCUT2D eigenvalue weighted by molar-refractivity contribution is 6.18. The lowest BCUT2D eigenvalue weighted by Gasteiger charge is -2.31. The molecule has 2 heteroatoms. The van der Waals surface area contributed by atoms with Crippen molar-refractivity contribution in [3.63, 3.8) is 0 Å². The van der Waals surface area contributed by atoms with Crippen LogP contribution in [0.2, 0.25) is 0 Å². The number of hydrogen-bond acceptors (Lipinski definition) is 1. The monoisotopic (exact) mass is 192 g/mol. The molecule has 12 heavy (non-hydrogen) atoms. The van der Waals surface area contributed by atoms with Gasteiger partial charge in [0, 0.05) is 17.9 Å². The third kappa shape index (κ3) is 3.77. The summed E-state index contributed by atoms with van der Waals surface area (Å²) in [5, 5.41) is 0. The molecule has 0 aromatic heterocycles. The summed E-state index contributed by atoms with van der Waals surface area (Å²) in [4.78, 5) is 0. The number of alkyl halides is 1. The van der Waals surface area contributed by atoms with E-state index in [1.165, 1.54) is 0 Å². The van der Waals surface area contributed by atoms with Gasteiger partial charge in [-0.2, -0.15) is 0 Å². The molecule has 0 bridgehead atoms. The fourth-order valence-electron chi connectivity index (χ4n) is 0.809. The molecule has 0 saturated heterocycles. The molecule has 0 aliphatic heterocycles. The number of hydrogen-bond donors (Lipinski definition) is 0. The van der Waals surface area contributed by atoms with Gasteiger partial charge in [0.05, 0.1) is 6.61 Å². The first-order valence-electron chi connectivity index (χ1n) is 4.70. The van der Waals surface area contributed by atoms with Crippen LogP contribution in [0.3, 0.4) is 0 Å². The summed E-state index contributed by atoms with van der Waals surface area (Å²) >= 11 is 5.90. The van der Waals surface area contributed by atoms with Gasteiger partial charge in [0.25, 0.3) is 0 Å². The highest BCUT2D eigenvalue weighted by Gasteiger charge is 2.27. The van der Waals surface area contributed by atoms with Crippen LogP contribution in [-0.2, 0) is 4.74 Å². The van der Waals surface area contributed by atoms with Crippen LogP contribution in [0.4, 0.5) is 0 Å². The summed E-state index contributed by atoms with van der Waals surface area (Å²) in [7, 11) is 0. The van der Waals surface area contributed by atoms with Crippen LogP contribution in [-0.4, -0.2) is 19.1 Å². The van der Waals surface area contributed by atoms with Crippen molar-refractivity contribution in [2.45, 2.75) is 34.1 Å². The Labute approximate surface area is 81.4 Å². The molecule has 0 fully saturated rings. The molecule has 1 unspecified atom stereocenters. The quantitative estimate of drug-likeness (QED) is 0.464. The first-order valence-corrected chi connectivity index (χ1v) is 5.24. The lowest BCUT2D eigenvalue weighted by atomic mass is 9.82. The molecule has 1 atom stereocenters. The molecular formula is C10H21ClO. The van der Waals surface area contributed by atoms with Crippen molar-refractivity contribution < 1.29 is 4.74 Å². The highest BCUT2D eigenvalue weighted by Crippen LogP contribution is 2.28. The Morgan fingerprint density at radius 2 is 2.00 bits per heavy atom. The summed E-state index contributed by atoms with van der Waals surface area (Å²) in [6.45, 7) is 10.3. The van der Waals surface area contributed by atoms with Crippen molar-refractivity contribution >= 4 is 11.6 Å². The Bertz CT molecular complexity index is 114. The Morgan fingerprint density at radius 1 is 1.42 bits per heavy atom. The average Bonchev–Trinajstić information content (AvgIpc) is 2.04. The second-order valence-electron chi connectivity index (χ2n) is 3.99. The van der Waals surface area contributed by atoms with Crippen LogP contribution in [0.15, 0.2) is 0 Å². The first kappa shape index (κ1) is 12.2. The Hall–Kier alpha value is 0.250. The van der Waals surface area contributed by atoms with Gasteiger partial charge in [0.15, 0.2) is 0 Å². The van der Waals surface area contributed by atoms with E-state index in [4.69, 9.17) is 16.3 Å². The summed E-state index contributed by atoms with van der Waals surface area (Å²) in [6.07, 6.45) is 1.08. The van der Waals surface area contributed by atoms with Crippen molar-refractivity contribution in [2.75, 3.05) is 19.1 Å². The Kier molecular flexibility index (Phi) is 5.94. The van der Waals surface area contributed by atoms with Gasteiger partial charge in [-0.25, -0.2) is 0 Å². The van der Waals surface area contributed by atoms with Gasteiger partial charge in [-0.3, -0.25) is 0 Å². The predicted octanol–water partition coefficient (Wildman–Crippen LogP) is 3.31. The average molecular weight is 193 g/mol. The molecular weight excluding hydrogens is 172 g/mol. The first-order chi connectivity index (χ1) is 5.56. The van der Waals surface area contributed by atoms with E-state index in [2.05, 4.69) is 27.7 Å². The van der Waals surface area contributed by atoms with E-state index < -0.39 is 0 Å². The van der Waals surface area contributed by atoms with Crippen LogP contribution in [0.25, 0.3) is 0 Å². The van der Waals surface area contributed by atoms with Crippen molar-refractivity contribution in [1.82, 2.24) is 0 Å². The van der Waals surface area contributed by atoms with Crippen LogP contribution >= 0.6 is 11.6 Å². The van der Waals surface area contributed by atoms with Crippen LogP contribution < -0.4 is 0 Å². The van der Waals surface area contributed by atoms with Crippen LogP contribution in [0.5, 0.6) is 0 Å². The van der Waals surface area contributed by atoms with Gasteiger partial charge in [0.1, 0.15) is 0 Å². The largest absolute Gasteiger partial charge is 0.381 e. The maximum Gasteiger partial charge on any atom is 0.0533 e. The van der Waals surface area contributed by atoms with Crippen molar-refractivity contribution in [3.8, 4) is 0 Å². The summed E-state index contributed by atoms with van der Waals surface area (Å²) < 4.78 is 5.52. The maximum absolute atomic E-state index is 5.90. The Balaban J connectivity index is 3.80. The Morgan fingerprint density at radius 3 is 2.33 bits per heavy atom. The third-order valence-corrected chi connectivity index (χ3v) is 3.09. The lowest BCUT2D eigenvalue weighted by Crippen LogP contribution is -2.31. The third-order valence-electron chi connectivity index (χ3n) is 2.48. The smallest absolute Gasteiger partial charge is 0.0533 e. The summed E-state index contributed by atoms with van der Waals surface area (Å²) in [5.74, 6) is 1.25. The highest BCUT2D eigenvalue weighted by atomic mass is 35.5. The molecule has 0 rings (SSSR count). The minimum absolute atomic E-state index is 0.136. The molecule has 1 nitrogen and oxygen atoms in total. The van der Waals surface area contributed by atoms with E-state index in [-0.39, 0.29) is 5.41 Å². The number of ether oxygens (including phenoxy) is 1.